The van der Waals surface area contributed by atoms with Gasteiger partial charge in [-0.25, -0.2) is 8.42 Å². The first-order valence-electron chi connectivity index (χ1n) is 11.4. The van der Waals surface area contributed by atoms with Gasteiger partial charge in [0.1, 0.15) is 0 Å². The van der Waals surface area contributed by atoms with E-state index in [2.05, 4.69) is 4.90 Å². The molecule has 0 atom stereocenters. The van der Waals surface area contributed by atoms with Gasteiger partial charge in [-0.15, -0.1) is 0 Å². The van der Waals surface area contributed by atoms with Crippen LogP contribution < -0.4 is 0 Å². The van der Waals surface area contributed by atoms with Crippen LogP contribution in [0.2, 0.25) is 0 Å². The standard InChI is InChI=1S/C22H30F3N3O3S/c23-22(24,25)19-7-3-4-8-20(19)32(30,31)28-11-9-17(10-12-28)21(29)27-15-13-26(14-16-27)18-5-1-2-6-18/h3-4,7-8,17-18H,1-2,5-6,9-16H2. The number of alkyl halides is 3. The first-order valence-corrected chi connectivity index (χ1v) is 12.8. The number of sulfonamides is 1. The van der Waals surface area contributed by atoms with Crippen LogP contribution in [0.25, 0.3) is 0 Å². The van der Waals surface area contributed by atoms with Gasteiger partial charge in [0.25, 0.3) is 0 Å². The van der Waals surface area contributed by atoms with E-state index in [1.54, 1.807) is 0 Å². The molecule has 0 N–H and O–H groups in total. The molecular weight excluding hydrogens is 443 g/mol. The van der Waals surface area contributed by atoms with E-state index in [1.165, 1.54) is 37.8 Å². The molecule has 32 heavy (non-hydrogen) atoms. The van der Waals surface area contributed by atoms with Gasteiger partial charge in [-0.05, 0) is 37.8 Å². The Hall–Kier alpha value is -1.65. The first-order chi connectivity index (χ1) is 15.2. The normalized spacial score (nSPS) is 23.0. The molecule has 1 aliphatic carbocycles. The molecular formula is C22H30F3N3O3S. The van der Waals surface area contributed by atoms with Crippen molar-refractivity contribution in [1.82, 2.24) is 14.1 Å². The van der Waals surface area contributed by atoms with Crippen LogP contribution in [0.15, 0.2) is 29.2 Å². The third-order valence-corrected chi connectivity index (χ3v) is 9.04. The smallest absolute Gasteiger partial charge is 0.340 e. The monoisotopic (exact) mass is 473 g/mol. The number of nitrogens with zero attached hydrogens (tertiary/aromatic N) is 3. The van der Waals surface area contributed by atoms with Crippen molar-refractivity contribution < 1.29 is 26.4 Å². The van der Waals surface area contributed by atoms with Crippen LogP contribution in [0.1, 0.15) is 44.1 Å². The topological polar surface area (TPSA) is 60.9 Å². The van der Waals surface area contributed by atoms with E-state index >= 15 is 0 Å². The Bertz CT molecular complexity index is 916. The molecule has 3 aliphatic rings. The Labute approximate surface area is 187 Å². The number of carbonyl (C=O) groups is 1. The van der Waals surface area contributed by atoms with Gasteiger partial charge < -0.3 is 4.90 Å². The maximum atomic E-state index is 13.3. The molecule has 0 bridgehead atoms. The highest BCUT2D eigenvalue weighted by Gasteiger charge is 2.41. The predicted molar refractivity (Wildman–Crippen MR) is 113 cm³/mol. The predicted octanol–water partition coefficient (Wildman–Crippen LogP) is 3.19. The molecule has 1 aromatic rings. The number of piperazine rings is 1. The molecule has 1 amide bonds. The van der Waals surface area contributed by atoms with E-state index in [0.29, 0.717) is 32.0 Å². The van der Waals surface area contributed by atoms with Gasteiger partial charge in [-0.3, -0.25) is 9.69 Å². The Morgan fingerprint density at radius 2 is 1.47 bits per heavy atom. The van der Waals surface area contributed by atoms with Crippen LogP contribution in [-0.2, 0) is 21.0 Å². The van der Waals surface area contributed by atoms with E-state index in [9.17, 15) is 26.4 Å². The molecule has 10 heteroatoms. The number of hydrogen-bond acceptors (Lipinski definition) is 4. The van der Waals surface area contributed by atoms with Gasteiger partial charge in [0, 0.05) is 51.2 Å². The van der Waals surface area contributed by atoms with Gasteiger partial charge in [-0.2, -0.15) is 17.5 Å². The largest absolute Gasteiger partial charge is 0.417 e. The van der Waals surface area contributed by atoms with E-state index in [4.69, 9.17) is 0 Å². The van der Waals surface area contributed by atoms with Crippen molar-refractivity contribution in [2.75, 3.05) is 39.3 Å². The van der Waals surface area contributed by atoms with Crippen molar-refractivity contribution in [3.8, 4) is 0 Å². The molecule has 4 rings (SSSR count). The Morgan fingerprint density at radius 3 is 2.06 bits per heavy atom. The quantitative estimate of drug-likeness (QED) is 0.674. The first kappa shape index (κ1) is 23.5. The second-order valence-corrected chi connectivity index (χ2v) is 10.9. The maximum absolute atomic E-state index is 13.3. The lowest BCUT2D eigenvalue weighted by Gasteiger charge is -2.40. The molecule has 0 spiro atoms. The van der Waals surface area contributed by atoms with Crippen LogP contribution in [0.3, 0.4) is 0 Å². The van der Waals surface area contributed by atoms with Crippen molar-refractivity contribution in [2.24, 2.45) is 5.92 Å². The van der Waals surface area contributed by atoms with Gasteiger partial charge >= 0.3 is 6.18 Å². The van der Waals surface area contributed by atoms with E-state index < -0.39 is 26.7 Å². The number of benzene rings is 1. The minimum atomic E-state index is -4.75. The van der Waals surface area contributed by atoms with Gasteiger partial charge in [0.05, 0.1) is 10.5 Å². The molecule has 3 fully saturated rings. The van der Waals surface area contributed by atoms with Gasteiger partial charge in [0.15, 0.2) is 0 Å². The molecule has 2 saturated heterocycles. The van der Waals surface area contributed by atoms with Crippen molar-refractivity contribution in [3.05, 3.63) is 29.8 Å². The van der Waals surface area contributed by atoms with Crippen molar-refractivity contribution >= 4 is 15.9 Å². The highest BCUT2D eigenvalue weighted by molar-refractivity contribution is 7.89. The number of carbonyl (C=O) groups excluding carboxylic acids is 1. The zero-order valence-corrected chi connectivity index (χ0v) is 18.9. The molecule has 0 unspecified atom stereocenters. The summed E-state index contributed by atoms with van der Waals surface area (Å²) >= 11 is 0. The van der Waals surface area contributed by atoms with Crippen LogP contribution in [0.5, 0.6) is 0 Å². The van der Waals surface area contributed by atoms with E-state index in [0.717, 1.165) is 29.5 Å². The van der Waals surface area contributed by atoms with E-state index in [-0.39, 0.29) is 24.9 Å². The van der Waals surface area contributed by atoms with Gasteiger partial charge in [0.2, 0.25) is 15.9 Å². The van der Waals surface area contributed by atoms with Crippen LogP contribution in [0, 0.1) is 5.92 Å². The number of rotatable bonds is 4. The lowest BCUT2D eigenvalue weighted by molar-refractivity contribution is -0.140. The summed E-state index contributed by atoms with van der Waals surface area (Å²) in [6.07, 6.45) is 0.928. The number of piperidine rings is 1. The molecule has 178 valence electrons. The Kier molecular flexibility index (Phi) is 6.84. The lowest BCUT2D eigenvalue weighted by Crippen LogP contribution is -2.53. The fourth-order valence-electron chi connectivity index (χ4n) is 5.24. The highest BCUT2D eigenvalue weighted by atomic mass is 32.2. The van der Waals surface area contributed by atoms with Gasteiger partial charge in [-0.1, -0.05) is 25.0 Å². The maximum Gasteiger partial charge on any atom is 0.417 e. The summed E-state index contributed by atoms with van der Waals surface area (Å²) in [6, 6.07) is 4.90. The fourth-order valence-corrected chi connectivity index (χ4v) is 6.92. The average Bonchev–Trinajstić information content (AvgIpc) is 3.33. The summed E-state index contributed by atoms with van der Waals surface area (Å²) in [5.41, 5.74) is -1.15. The molecule has 1 aromatic carbocycles. The van der Waals surface area contributed by atoms with Crippen molar-refractivity contribution in [2.45, 2.75) is 55.6 Å². The van der Waals surface area contributed by atoms with Crippen LogP contribution >= 0.6 is 0 Å². The van der Waals surface area contributed by atoms with Crippen molar-refractivity contribution in [1.29, 1.82) is 0 Å². The number of hydrogen-bond donors (Lipinski definition) is 0. The van der Waals surface area contributed by atoms with E-state index in [1.807, 2.05) is 4.90 Å². The molecule has 0 radical (unpaired) electrons. The molecule has 2 aliphatic heterocycles. The van der Waals surface area contributed by atoms with Crippen LogP contribution in [-0.4, -0.2) is 73.7 Å². The zero-order chi connectivity index (χ0) is 22.9. The Balaban J connectivity index is 1.35. The summed E-state index contributed by atoms with van der Waals surface area (Å²) in [4.78, 5) is 16.6. The summed E-state index contributed by atoms with van der Waals surface area (Å²) < 4.78 is 66.9. The summed E-state index contributed by atoms with van der Waals surface area (Å²) in [6.45, 7) is 3.22. The lowest BCUT2D eigenvalue weighted by atomic mass is 9.96. The zero-order valence-electron chi connectivity index (χ0n) is 18.1. The number of halogens is 3. The SMILES string of the molecule is O=C(C1CCN(S(=O)(=O)c2ccccc2C(F)(F)F)CC1)N1CCN(C2CCCC2)CC1. The summed E-state index contributed by atoms with van der Waals surface area (Å²) in [7, 11) is -4.28. The second-order valence-electron chi connectivity index (χ2n) is 8.97. The highest BCUT2D eigenvalue weighted by Crippen LogP contribution is 2.36. The summed E-state index contributed by atoms with van der Waals surface area (Å²) in [5, 5.41) is 0. The summed E-state index contributed by atoms with van der Waals surface area (Å²) in [5.74, 6) is -0.235. The molecule has 2 heterocycles. The minimum Gasteiger partial charge on any atom is -0.340 e. The third kappa shape index (κ3) is 4.82. The fraction of sp³-hybridized carbons (Fsp3) is 0.682. The average molecular weight is 474 g/mol. The molecule has 0 aromatic heterocycles. The Morgan fingerprint density at radius 1 is 0.875 bits per heavy atom. The third-order valence-electron chi connectivity index (χ3n) is 7.08. The number of amides is 1. The minimum absolute atomic E-state index is 0.0452. The van der Waals surface area contributed by atoms with Crippen LogP contribution in [0.4, 0.5) is 13.2 Å². The molecule has 1 saturated carbocycles. The molecule has 6 nitrogen and oxygen atoms in total. The second kappa shape index (κ2) is 9.30. The van der Waals surface area contributed by atoms with Crippen molar-refractivity contribution in [3.63, 3.8) is 0 Å².